The van der Waals surface area contributed by atoms with Crippen LogP contribution in [0.3, 0.4) is 0 Å². The number of carbonyl (C=O) groups excluding carboxylic acids is 6. The van der Waals surface area contributed by atoms with Gasteiger partial charge in [0, 0.05) is 0 Å². The van der Waals surface area contributed by atoms with Gasteiger partial charge in [-0.1, -0.05) is 72.8 Å². The fourth-order valence-electron chi connectivity index (χ4n) is 8.58. The number of carbonyl (C=O) groups is 6. The first-order valence-corrected chi connectivity index (χ1v) is 23.9. The number of rotatable bonds is 18. The van der Waals surface area contributed by atoms with Crippen molar-refractivity contribution in [3.63, 3.8) is 0 Å². The molecule has 0 bridgehead atoms. The average molecular weight is 967 g/mol. The summed E-state index contributed by atoms with van der Waals surface area (Å²) < 4.78 is 33.2. The van der Waals surface area contributed by atoms with Crippen molar-refractivity contribution in [2.45, 2.75) is 41.5 Å². The van der Waals surface area contributed by atoms with Gasteiger partial charge in [0.25, 0.3) is 0 Å². The Balaban J connectivity index is 1.86. The van der Waals surface area contributed by atoms with Crippen LogP contribution in [0.25, 0.3) is 66.8 Å². The molecule has 0 heterocycles. The van der Waals surface area contributed by atoms with Gasteiger partial charge < -0.3 is 28.4 Å². The Morgan fingerprint density at radius 3 is 0.514 bits per heavy atom. The zero-order valence-corrected chi connectivity index (χ0v) is 41.0. The van der Waals surface area contributed by atoms with Crippen LogP contribution in [-0.2, 0) is 28.4 Å². The third-order valence-corrected chi connectivity index (χ3v) is 11.5. The summed E-state index contributed by atoms with van der Waals surface area (Å²) in [6, 6.07) is 41.6. The van der Waals surface area contributed by atoms with Crippen molar-refractivity contribution in [3.8, 4) is 66.8 Å². The van der Waals surface area contributed by atoms with Gasteiger partial charge in [0.05, 0.1) is 73.0 Å². The molecule has 0 fully saturated rings. The minimum absolute atomic E-state index is 0.113. The second-order valence-corrected chi connectivity index (χ2v) is 16.1. The molecule has 7 aromatic carbocycles. The van der Waals surface area contributed by atoms with E-state index in [0.29, 0.717) is 66.8 Å². The van der Waals surface area contributed by atoms with Crippen molar-refractivity contribution in [2.24, 2.45) is 0 Å². The van der Waals surface area contributed by atoms with Crippen LogP contribution >= 0.6 is 0 Å². The monoisotopic (exact) mass is 966 g/mol. The molecule has 12 nitrogen and oxygen atoms in total. The van der Waals surface area contributed by atoms with Crippen molar-refractivity contribution in [3.05, 3.63) is 179 Å². The van der Waals surface area contributed by atoms with E-state index in [0.717, 1.165) is 0 Å². The molecule has 72 heavy (non-hydrogen) atoms. The predicted molar refractivity (Wildman–Crippen MR) is 275 cm³/mol. The van der Waals surface area contributed by atoms with E-state index in [9.17, 15) is 28.8 Å². The van der Waals surface area contributed by atoms with Crippen LogP contribution in [0.15, 0.2) is 146 Å². The lowest BCUT2D eigenvalue weighted by atomic mass is 9.73. The Hall–Kier alpha value is -8.64. The van der Waals surface area contributed by atoms with Crippen LogP contribution in [-0.4, -0.2) is 75.5 Å². The van der Waals surface area contributed by atoms with Gasteiger partial charge in [-0.05, 0) is 181 Å². The van der Waals surface area contributed by atoms with Crippen LogP contribution in [0.1, 0.15) is 104 Å². The van der Waals surface area contributed by atoms with Gasteiger partial charge in [-0.25, -0.2) is 28.8 Å². The lowest BCUT2D eigenvalue weighted by molar-refractivity contribution is 0.0517. The van der Waals surface area contributed by atoms with E-state index in [1.54, 1.807) is 151 Å². The minimum atomic E-state index is -0.576. The normalized spacial score (nSPS) is 10.8. The van der Waals surface area contributed by atoms with E-state index in [-0.39, 0.29) is 73.0 Å². The minimum Gasteiger partial charge on any atom is -0.462 e. The quantitative estimate of drug-likeness (QED) is 0.0593. The zero-order valence-electron chi connectivity index (χ0n) is 41.0. The second-order valence-electron chi connectivity index (χ2n) is 16.1. The number of esters is 6. The van der Waals surface area contributed by atoms with Crippen molar-refractivity contribution in [1.82, 2.24) is 0 Å². The molecule has 0 radical (unpaired) electrons. The Morgan fingerprint density at radius 2 is 0.389 bits per heavy atom. The van der Waals surface area contributed by atoms with Crippen LogP contribution in [0.2, 0.25) is 0 Å². The first-order valence-electron chi connectivity index (χ1n) is 23.9. The Bertz CT molecular complexity index is 2620. The van der Waals surface area contributed by atoms with Gasteiger partial charge in [-0.3, -0.25) is 0 Å². The number of ether oxygens (including phenoxy) is 6. The molecular formula is C60H54O12. The highest BCUT2D eigenvalue weighted by molar-refractivity contribution is 6.17. The van der Waals surface area contributed by atoms with Crippen LogP contribution in [0.5, 0.6) is 0 Å². The van der Waals surface area contributed by atoms with Gasteiger partial charge in [0.15, 0.2) is 0 Å². The highest BCUT2D eigenvalue weighted by Gasteiger charge is 2.31. The molecule has 0 saturated heterocycles. The molecule has 0 saturated carbocycles. The molecule has 7 rings (SSSR count). The first-order chi connectivity index (χ1) is 35.0. The topological polar surface area (TPSA) is 158 Å². The third-order valence-electron chi connectivity index (χ3n) is 11.5. The summed E-state index contributed by atoms with van der Waals surface area (Å²) in [5.41, 5.74) is 7.43. The summed E-state index contributed by atoms with van der Waals surface area (Å²) in [4.78, 5) is 82.3. The Kier molecular flexibility index (Phi) is 16.9. The molecule has 0 aromatic heterocycles. The molecule has 0 atom stereocenters. The Morgan fingerprint density at radius 1 is 0.250 bits per heavy atom. The fourth-order valence-corrected chi connectivity index (χ4v) is 8.58. The largest absolute Gasteiger partial charge is 0.462 e. The fraction of sp³-hybridized carbons (Fsp3) is 0.200. The molecule has 0 aliphatic heterocycles. The lowest BCUT2D eigenvalue weighted by Crippen LogP contribution is -2.09. The van der Waals surface area contributed by atoms with E-state index in [1.165, 1.54) is 0 Å². The highest BCUT2D eigenvalue weighted by Crippen LogP contribution is 2.56. The van der Waals surface area contributed by atoms with E-state index >= 15 is 0 Å². The molecule has 0 aliphatic carbocycles. The van der Waals surface area contributed by atoms with Gasteiger partial charge >= 0.3 is 35.8 Å². The Labute approximate surface area is 418 Å². The molecule has 0 aliphatic rings. The molecular weight excluding hydrogens is 913 g/mol. The predicted octanol–water partition coefficient (Wildman–Crippen LogP) is 12.7. The molecule has 0 spiro atoms. The van der Waals surface area contributed by atoms with Crippen molar-refractivity contribution >= 4 is 35.8 Å². The first kappa shape index (κ1) is 51.2. The van der Waals surface area contributed by atoms with Crippen molar-refractivity contribution < 1.29 is 57.2 Å². The molecule has 12 heteroatoms. The maximum Gasteiger partial charge on any atom is 0.338 e. The summed E-state index contributed by atoms with van der Waals surface area (Å²) in [7, 11) is 0. The summed E-state index contributed by atoms with van der Waals surface area (Å²) in [6.45, 7) is 11.0. The average Bonchev–Trinajstić information content (AvgIpc) is 3.40. The maximum atomic E-state index is 13.7. The summed E-state index contributed by atoms with van der Waals surface area (Å²) in [5.74, 6) is -3.45. The van der Waals surface area contributed by atoms with E-state index in [1.807, 2.05) is 36.4 Å². The highest BCUT2D eigenvalue weighted by atomic mass is 16.5. The number of hydrogen-bond acceptors (Lipinski definition) is 12. The molecule has 0 amide bonds. The summed E-state index contributed by atoms with van der Waals surface area (Å²) in [6.07, 6.45) is 0. The molecule has 0 N–H and O–H groups in total. The van der Waals surface area contributed by atoms with Gasteiger partial charge in [0.2, 0.25) is 0 Å². The van der Waals surface area contributed by atoms with Crippen LogP contribution in [0, 0.1) is 0 Å². The SMILES string of the molecule is CCOC(=O)c1cccc(-c2c(-c3cccc(C(=O)OCC)c3)c(-c3cccc(C(=O)OCC)c3)c(-c3cccc(C(=O)OCC)c3)c(-c3cccc(C(=O)OCC)c3)c2-c2cccc(C(=O)OCC)c2)c1. The summed E-state index contributed by atoms with van der Waals surface area (Å²) in [5, 5.41) is 0. The van der Waals surface area contributed by atoms with Crippen LogP contribution in [0.4, 0.5) is 0 Å². The molecule has 0 unspecified atom stereocenters. The van der Waals surface area contributed by atoms with Crippen molar-refractivity contribution in [1.29, 1.82) is 0 Å². The van der Waals surface area contributed by atoms with E-state index in [2.05, 4.69) is 0 Å². The maximum absolute atomic E-state index is 13.7. The zero-order chi connectivity index (χ0) is 51.3. The number of hydrogen-bond donors (Lipinski definition) is 0. The smallest absolute Gasteiger partial charge is 0.338 e. The van der Waals surface area contributed by atoms with Gasteiger partial charge in [-0.2, -0.15) is 0 Å². The van der Waals surface area contributed by atoms with Crippen molar-refractivity contribution in [2.75, 3.05) is 39.6 Å². The van der Waals surface area contributed by atoms with E-state index < -0.39 is 35.8 Å². The third kappa shape index (κ3) is 11.2. The molecule has 7 aromatic rings. The lowest BCUT2D eigenvalue weighted by Gasteiger charge is -2.29. The second kappa shape index (κ2) is 23.8. The van der Waals surface area contributed by atoms with Crippen LogP contribution < -0.4 is 0 Å². The summed E-state index contributed by atoms with van der Waals surface area (Å²) >= 11 is 0. The number of benzene rings is 7. The standard InChI is InChI=1S/C60H54O12/c1-7-67-55(61)43-25-13-19-37(31-43)49-50(38-20-14-26-44(32-38)56(62)68-8-2)52(40-22-16-28-46(34-40)58(64)70-10-4)54(42-24-18-30-48(36-42)60(66)72-12-6)53(41-23-17-29-47(35-41)59(65)71-11-5)51(49)39-21-15-27-45(33-39)57(63)69-9-3/h13-36H,7-12H2,1-6H3. The molecule has 366 valence electrons. The van der Waals surface area contributed by atoms with Gasteiger partial charge in [-0.15, -0.1) is 0 Å². The van der Waals surface area contributed by atoms with Gasteiger partial charge in [0.1, 0.15) is 0 Å². The van der Waals surface area contributed by atoms with E-state index in [4.69, 9.17) is 28.4 Å².